The lowest BCUT2D eigenvalue weighted by Crippen LogP contribution is -2.09. The third kappa shape index (κ3) is 5.78. The quantitative estimate of drug-likeness (QED) is 0.154. The topological polar surface area (TPSA) is 6.48 Å². The third-order valence-electron chi connectivity index (χ3n) is 12.9. The lowest BCUT2D eigenvalue weighted by Gasteiger charge is -2.26. The highest BCUT2D eigenvalue weighted by molar-refractivity contribution is 7.27. The molecule has 63 heavy (non-hydrogen) atoms. The van der Waals surface area contributed by atoms with Crippen LogP contribution in [-0.2, 0) is 0 Å². The highest BCUT2D eigenvalue weighted by atomic mass is 32.1. The number of benzene rings is 12. The molecule has 1 heterocycles. The van der Waals surface area contributed by atoms with Crippen molar-refractivity contribution in [1.29, 1.82) is 0 Å². The van der Waals surface area contributed by atoms with Crippen molar-refractivity contribution in [2.45, 2.75) is 0 Å². The first-order valence-electron chi connectivity index (χ1n) is 21.6. The van der Waals surface area contributed by atoms with Crippen LogP contribution in [0.15, 0.2) is 231 Å². The summed E-state index contributed by atoms with van der Waals surface area (Å²) in [5, 5.41) is 17.7. The van der Waals surface area contributed by atoms with Crippen molar-refractivity contribution in [3.8, 4) is 0 Å². The first-order valence-corrected chi connectivity index (χ1v) is 22.4. The van der Waals surface area contributed by atoms with Crippen molar-refractivity contribution in [3.05, 3.63) is 231 Å². The highest BCUT2D eigenvalue weighted by Gasteiger charge is 2.20. The molecule has 0 saturated heterocycles. The van der Waals surface area contributed by atoms with E-state index in [9.17, 15) is 0 Å². The number of hydrogen-bond acceptors (Lipinski definition) is 3. The molecule has 0 fully saturated rings. The van der Waals surface area contributed by atoms with Gasteiger partial charge >= 0.3 is 0 Å². The van der Waals surface area contributed by atoms with Crippen molar-refractivity contribution in [3.63, 3.8) is 0 Å². The van der Waals surface area contributed by atoms with Crippen LogP contribution in [-0.4, -0.2) is 0 Å². The Morgan fingerprint density at radius 1 is 0.238 bits per heavy atom. The van der Waals surface area contributed by atoms with Crippen LogP contribution in [0.4, 0.5) is 34.1 Å². The van der Waals surface area contributed by atoms with E-state index in [1.54, 1.807) is 0 Å². The number of nitrogens with zero attached hydrogens (tertiary/aromatic N) is 2. The van der Waals surface area contributed by atoms with Gasteiger partial charge in [-0.1, -0.05) is 158 Å². The summed E-state index contributed by atoms with van der Waals surface area (Å²) in [6, 6.07) is 84.7. The normalized spacial score (nSPS) is 11.8. The molecule has 0 aliphatic heterocycles. The SMILES string of the molecule is c1ccc(N(c2ccc3c(ccc4ccccc43)c2)c2ccc3c(c2)sc2c4ccc(N(c5ccccc5)c5ccc6c(ccc7ccccc76)c5)cc4c4ccccc4c32)cc1. The largest absolute Gasteiger partial charge is 0.310 e. The summed E-state index contributed by atoms with van der Waals surface area (Å²) in [5.41, 5.74) is 6.78. The number of thiophene rings is 1. The van der Waals surface area contributed by atoms with Crippen molar-refractivity contribution >= 4 is 130 Å². The van der Waals surface area contributed by atoms with E-state index in [2.05, 4.69) is 240 Å². The molecule has 3 heteroatoms. The first kappa shape index (κ1) is 35.7. The molecule has 0 saturated carbocycles. The molecule has 0 N–H and O–H groups in total. The summed E-state index contributed by atoms with van der Waals surface area (Å²) < 4.78 is 2.58. The molecule has 0 aliphatic rings. The van der Waals surface area contributed by atoms with E-state index in [-0.39, 0.29) is 0 Å². The van der Waals surface area contributed by atoms with Gasteiger partial charge in [-0.05, 0) is 132 Å². The monoisotopic (exact) mass is 818 g/mol. The maximum absolute atomic E-state index is 2.41. The van der Waals surface area contributed by atoms with Gasteiger partial charge in [0.05, 0.1) is 0 Å². The Hall–Kier alpha value is -7.98. The number of anilines is 6. The van der Waals surface area contributed by atoms with E-state index < -0.39 is 0 Å². The molecule has 0 atom stereocenters. The summed E-state index contributed by atoms with van der Waals surface area (Å²) in [7, 11) is 0. The minimum absolute atomic E-state index is 1.12. The molecule has 0 radical (unpaired) electrons. The van der Waals surface area contributed by atoms with Gasteiger partial charge in [-0.3, -0.25) is 0 Å². The lowest BCUT2D eigenvalue weighted by molar-refractivity contribution is 1.30. The molecule has 0 bridgehead atoms. The van der Waals surface area contributed by atoms with Gasteiger partial charge in [0.15, 0.2) is 0 Å². The van der Waals surface area contributed by atoms with Crippen molar-refractivity contribution in [1.82, 2.24) is 0 Å². The Morgan fingerprint density at radius 2 is 0.651 bits per heavy atom. The van der Waals surface area contributed by atoms with E-state index in [1.165, 1.54) is 84.8 Å². The standard InChI is InChI=1S/C60H38N2S/c1-3-15-43(16-4-1)61(45-27-31-51-41(35-45)25-23-39-13-7-9-19-49(39)51)47-29-33-55-57(37-47)53-21-11-12-22-54(53)59-56-34-30-48(38-58(56)63-60(55)59)62(44-17-5-2-6-18-44)46-28-32-52-42(36-46)26-24-40-14-8-10-20-50(40)52/h1-38H. The maximum Gasteiger partial charge on any atom is 0.0476 e. The second kappa shape index (κ2) is 14.3. The Balaban J connectivity index is 0.982. The van der Waals surface area contributed by atoms with Gasteiger partial charge in [-0.15, -0.1) is 11.3 Å². The molecular formula is C60H38N2S. The third-order valence-corrected chi connectivity index (χ3v) is 14.1. The fraction of sp³-hybridized carbons (Fsp3) is 0. The van der Waals surface area contributed by atoms with Crippen LogP contribution in [0.25, 0.3) is 84.8 Å². The van der Waals surface area contributed by atoms with E-state index in [0.717, 1.165) is 34.1 Å². The first-order chi connectivity index (χ1) is 31.2. The zero-order valence-electron chi connectivity index (χ0n) is 34.2. The molecule has 0 amide bonds. The van der Waals surface area contributed by atoms with E-state index in [4.69, 9.17) is 0 Å². The Morgan fingerprint density at radius 3 is 1.22 bits per heavy atom. The summed E-state index contributed by atoms with van der Waals surface area (Å²) in [5.74, 6) is 0. The average molecular weight is 819 g/mol. The van der Waals surface area contributed by atoms with Gasteiger partial charge in [-0.2, -0.15) is 0 Å². The van der Waals surface area contributed by atoms with Crippen LogP contribution < -0.4 is 9.80 Å². The Kier molecular flexibility index (Phi) is 8.12. The molecule has 294 valence electrons. The van der Waals surface area contributed by atoms with E-state index >= 15 is 0 Å². The predicted octanol–water partition coefficient (Wildman–Crippen LogP) is 17.9. The zero-order valence-corrected chi connectivity index (χ0v) is 35.1. The smallest absolute Gasteiger partial charge is 0.0476 e. The molecule has 1 aromatic heterocycles. The van der Waals surface area contributed by atoms with Gasteiger partial charge in [-0.25, -0.2) is 0 Å². The lowest BCUT2D eigenvalue weighted by atomic mass is 9.96. The second-order valence-electron chi connectivity index (χ2n) is 16.5. The highest BCUT2D eigenvalue weighted by Crippen LogP contribution is 2.48. The summed E-state index contributed by atoms with van der Waals surface area (Å²) in [4.78, 5) is 4.80. The minimum atomic E-state index is 1.12. The summed E-state index contributed by atoms with van der Waals surface area (Å²) in [6.45, 7) is 0. The molecule has 0 unspecified atom stereocenters. The van der Waals surface area contributed by atoms with Gasteiger partial charge < -0.3 is 9.80 Å². The second-order valence-corrected chi connectivity index (χ2v) is 17.5. The van der Waals surface area contributed by atoms with Crippen LogP contribution in [0.5, 0.6) is 0 Å². The Labute approximate surface area is 368 Å². The van der Waals surface area contributed by atoms with Crippen LogP contribution >= 0.6 is 11.3 Å². The van der Waals surface area contributed by atoms with Crippen molar-refractivity contribution in [2.24, 2.45) is 0 Å². The number of rotatable bonds is 6. The van der Waals surface area contributed by atoms with Crippen LogP contribution in [0, 0.1) is 0 Å². The van der Waals surface area contributed by atoms with Gasteiger partial charge in [0, 0.05) is 59.7 Å². The van der Waals surface area contributed by atoms with E-state index in [0.29, 0.717) is 0 Å². The molecule has 2 nitrogen and oxygen atoms in total. The molecule has 12 aromatic carbocycles. The Bertz CT molecular complexity index is 3930. The van der Waals surface area contributed by atoms with E-state index in [1.807, 2.05) is 11.3 Å². The van der Waals surface area contributed by atoms with Crippen LogP contribution in [0.3, 0.4) is 0 Å². The summed E-state index contributed by atoms with van der Waals surface area (Å²) >= 11 is 1.90. The predicted molar refractivity (Wildman–Crippen MR) is 274 cm³/mol. The zero-order chi connectivity index (χ0) is 41.4. The number of fused-ring (bicyclic) bond motifs is 14. The van der Waals surface area contributed by atoms with Crippen molar-refractivity contribution < 1.29 is 0 Å². The fourth-order valence-electron chi connectivity index (χ4n) is 10.0. The fourth-order valence-corrected chi connectivity index (χ4v) is 11.3. The van der Waals surface area contributed by atoms with Crippen LogP contribution in [0.1, 0.15) is 0 Å². The average Bonchev–Trinajstić information content (AvgIpc) is 3.74. The van der Waals surface area contributed by atoms with Gasteiger partial charge in [0.1, 0.15) is 0 Å². The van der Waals surface area contributed by atoms with Crippen molar-refractivity contribution in [2.75, 3.05) is 9.80 Å². The molecule has 13 aromatic rings. The van der Waals surface area contributed by atoms with Gasteiger partial charge in [0.2, 0.25) is 0 Å². The maximum atomic E-state index is 2.41. The summed E-state index contributed by atoms with van der Waals surface area (Å²) in [6.07, 6.45) is 0. The molecule has 0 spiro atoms. The van der Waals surface area contributed by atoms with Gasteiger partial charge in [0.25, 0.3) is 0 Å². The van der Waals surface area contributed by atoms with Crippen LogP contribution in [0.2, 0.25) is 0 Å². The molecule has 0 aliphatic carbocycles. The molecular weight excluding hydrogens is 781 g/mol. The number of hydrogen-bond donors (Lipinski definition) is 0. The number of para-hydroxylation sites is 2. The minimum Gasteiger partial charge on any atom is -0.310 e. The molecule has 13 rings (SSSR count).